The first kappa shape index (κ1) is 18.0. The molecular weight excluding hydrogens is 206 g/mol. The van der Waals surface area contributed by atoms with E-state index in [9.17, 15) is 0 Å². The average molecular weight is 233 g/mol. The molecule has 1 heteroatoms. The van der Waals surface area contributed by atoms with Gasteiger partial charge in [0, 0.05) is 0 Å². The Morgan fingerprint density at radius 1 is 0.588 bits per heavy atom. The smallest absolute Gasteiger partial charge is 0.0167 e. The summed E-state index contributed by atoms with van der Waals surface area (Å²) in [7, 11) is 3.75. The molecule has 2 aromatic carbocycles. The molecule has 0 spiro atoms. The van der Waals surface area contributed by atoms with Crippen molar-refractivity contribution in [1.29, 1.82) is 0 Å². The van der Waals surface area contributed by atoms with Crippen molar-refractivity contribution >= 4 is 10.8 Å². The van der Waals surface area contributed by atoms with Crippen molar-refractivity contribution in [2.24, 2.45) is 0 Å². The monoisotopic (exact) mass is 233 g/mol. The molecule has 0 amide bonds. The summed E-state index contributed by atoms with van der Waals surface area (Å²) in [6, 6.07) is 16.7. The average Bonchev–Trinajstić information content (AvgIpc) is 2.44. The van der Waals surface area contributed by atoms with E-state index in [-0.39, 0.29) is 0 Å². The minimum absolute atomic E-state index is 1.31. The maximum Gasteiger partial charge on any atom is -0.0167 e. The van der Waals surface area contributed by atoms with E-state index in [1.54, 1.807) is 0 Å². The van der Waals surface area contributed by atoms with Gasteiger partial charge in [-0.1, -0.05) is 76.2 Å². The van der Waals surface area contributed by atoms with Crippen molar-refractivity contribution in [2.75, 3.05) is 14.1 Å². The molecule has 0 radical (unpaired) electrons. The Hall–Kier alpha value is -1.34. The number of fused-ring (bicyclic) bond motifs is 1. The zero-order valence-corrected chi connectivity index (χ0v) is 12.1. The Labute approximate surface area is 107 Å². The van der Waals surface area contributed by atoms with Gasteiger partial charge in [0.25, 0.3) is 0 Å². The van der Waals surface area contributed by atoms with Crippen molar-refractivity contribution in [2.45, 2.75) is 27.7 Å². The predicted molar refractivity (Wildman–Crippen MR) is 81.6 cm³/mol. The van der Waals surface area contributed by atoms with E-state index in [4.69, 9.17) is 0 Å². The normalized spacial score (nSPS) is 7.65. The van der Waals surface area contributed by atoms with Crippen LogP contribution in [0.3, 0.4) is 0 Å². The fraction of sp³-hybridized carbons (Fsp3) is 0.375. The summed E-state index contributed by atoms with van der Waals surface area (Å²) >= 11 is 0. The molecule has 1 nitrogen and oxygen atoms in total. The van der Waals surface area contributed by atoms with Crippen LogP contribution in [0.2, 0.25) is 0 Å². The van der Waals surface area contributed by atoms with E-state index in [2.05, 4.69) is 53.8 Å². The molecule has 0 fully saturated rings. The van der Waals surface area contributed by atoms with Gasteiger partial charge in [0.1, 0.15) is 0 Å². The molecule has 0 aromatic heterocycles. The summed E-state index contributed by atoms with van der Waals surface area (Å²) in [5.41, 5.74) is 0. The van der Waals surface area contributed by atoms with Crippen LogP contribution in [0.4, 0.5) is 0 Å². The van der Waals surface area contributed by atoms with Crippen molar-refractivity contribution < 1.29 is 0 Å². The van der Waals surface area contributed by atoms with Gasteiger partial charge >= 0.3 is 0 Å². The minimum atomic E-state index is 1.31. The van der Waals surface area contributed by atoms with Gasteiger partial charge in [-0.15, -0.1) is 0 Å². The highest BCUT2D eigenvalue weighted by Crippen LogP contribution is 2.11. The molecule has 96 valence electrons. The molecule has 0 unspecified atom stereocenters. The number of hydrogen-bond donors (Lipinski definition) is 1. The number of hydrogen-bond acceptors (Lipinski definition) is 1. The van der Waals surface area contributed by atoms with Crippen molar-refractivity contribution in [3.63, 3.8) is 0 Å². The number of benzene rings is 2. The van der Waals surface area contributed by atoms with Gasteiger partial charge in [0.05, 0.1) is 0 Å². The van der Waals surface area contributed by atoms with Crippen LogP contribution in [-0.4, -0.2) is 14.1 Å². The molecule has 0 heterocycles. The lowest BCUT2D eigenvalue weighted by Crippen LogP contribution is -1.89. The number of nitrogens with one attached hydrogen (secondary N) is 1. The Bertz CT molecular complexity index is 290. The number of rotatable bonds is 0. The second-order valence-corrected chi connectivity index (χ2v) is 2.85. The van der Waals surface area contributed by atoms with E-state index >= 15 is 0 Å². The Kier molecular flexibility index (Phi) is 15.6. The van der Waals surface area contributed by atoms with Gasteiger partial charge < -0.3 is 5.32 Å². The third-order valence-electron chi connectivity index (χ3n) is 1.66. The van der Waals surface area contributed by atoms with Gasteiger partial charge in [-0.3, -0.25) is 0 Å². The molecular formula is C16H27N. The summed E-state index contributed by atoms with van der Waals surface area (Å²) in [5.74, 6) is 0. The molecule has 2 rings (SSSR count). The molecule has 17 heavy (non-hydrogen) atoms. The molecule has 0 aliphatic heterocycles. The molecule has 0 saturated heterocycles. The lowest BCUT2D eigenvalue weighted by Gasteiger charge is -1.92. The zero-order valence-electron chi connectivity index (χ0n) is 12.1. The maximum absolute atomic E-state index is 2.75. The standard InChI is InChI=1S/C10H8.C2H7N.2C2H6/c1-2-6-10-8-4-3-7-9(10)5-1;1-3-2;2*1-2/h1-8H;3H,1-2H3;2*1-2H3. The molecule has 0 aliphatic rings. The molecule has 0 bridgehead atoms. The zero-order chi connectivity index (χ0) is 13.5. The third kappa shape index (κ3) is 8.47. The van der Waals surface area contributed by atoms with E-state index in [0.29, 0.717) is 0 Å². The fourth-order valence-corrected chi connectivity index (χ4v) is 1.13. The lowest BCUT2D eigenvalue weighted by molar-refractivity contribution is 1.02. The first-order chi connectivity index (χ1) is 8.38. The van der Waals surface area contributed by atoms with Crippen molar-refractivity contribution in [3.8, 4) is 0 Å². The Morgan fingerprint density at radius 2 is 0.765 bits per heavy atom. The topological polar surface area (TPSA) is 12.0 Å². The van der Waals surface area contributed by atoms with Crippen LogP contribution in [0.15, 0.2) is 48.5 Å². The lowest BCUT2D eigenvalue weighted by atomic mass is 10.1. The van der Waals surface area contributed by atoms with E-state index < -0.39 is 0 Å². The molecule has 2 aromatic rings. The van der Waals surface area contributed by atoms with Crippen LogP contribution in [0.5, 0.6) is 0 Å². The van der Waals surface area contributed by atoms with Crippen LogP contribution in [-0.2, 0) is 0 Å². The van der Waals surface area contributed by atoms with Gasteiger partial charge in [0.2, 0.25) is 0 Å². The fourth-order valence-electron chi connectivity index (χ4n) is 1.13. The highest BCUT2D eigenvalue weighted by Gasteiger charge is 1.85. The summed E-state index contributed by atoms with van der Waals surface area (Å²) in [6.07, 6.45) is 0. The van der Waals surface area contributed by atoms with Crippen molar-refractivity contribution in [1.82, 2.24) is 5.32 Å². The Morgan fingerprint density at radius 3 is 0.941 bits per heavy atom. The first-order valence-corrected chi connectivity index (χ1v) is 6.40. The van der Waals surface area contributed by atoms with Gasteiger partial charge in [-0.2, -0.15) is 0 Å². The summed E-state index contributed by atoms with van der Waals surface area (Å²) < 4.78 is 0. The molecule has 1 N–H and O–H groups in total. The quantitative estimate of drug-likeness (QED) is 0.693. The third-order valence-corrected chi connectivity index (χ3v) is 1.66. The largest absolute Gasteiger partial charge is 0.323 e. The van der Waals surface area contributed by atoms with Crippen LogP contribution in [0.1, 0.15) is 27.7 Å². The second kappa shape index (κ2) is 14.7. The Balaban J connectivity index is 0. The second-order valence-electron chi connectivity index (χ2n) is 2.85. The van der Waals surface area contributed by atoms with Crippen LogP contribution in [0.25, 0.3) is 10.8 Å². The summed E-state index contributed by atoms with van der Waals surface area (Å²) in [5, 5.41) is 5.37. The van der Waals surface area contributed by atoms with Crippen LogP contribution in [0, 0.1) is 0 Å². The molecule has 0 aliphatic carbocycles. The van der Waals surface area contributed by atoms with Crippen LogP contribution < -0.4 is 5.32 Å². The van der Waals surface area contributed by atoms with Gasteiger partial charge in [-0.25, -0.2) is 0 Å². The van der Waals surface area contributed by atoms with Crippen molar-refractivity contribution in [3.05, 3.63) is 48.5 Å². The van der Waals surface area contributed by atoms with E-state index in [0.717, 1.165) is 0 Å². The van der Waals surface area contributed by atoms with E-state index in [1.807, 2.05) is 41.8 Å². The summed E-state index contributed by atoms with van der Waals surface area (Å²) in [4.78, 5) is 0. The first-order valence-electron chi connectivity index (χ1n) is 6.40. The SMILES string of the molecule is CC.CC.CNC.c1ccc2ccccc2c1. The highest BCUT2D eigenvalue weighted by molar-refractivity contribution is 5.81. The van der Waals surface area contributed by atoms with E-state index in [1.165, 1.54) is 10.8 Å². The van der Waals surface area contributed by atoms with Gasteiger partial charge in [-0.05, 0) is 24.9 Å². The van der Waals surface area contributed by atoms with Gasteiger partial charge in [0.15, 0.2) is 0 Å². The summed E-state index contributed by atoms with van der Waals surface area (Å²) in [6.45, 7) is 8.00. The molecule has 0 atom stereocenters. The highest BCUT2D eigenvalue weighted by atomic mass is 14.7. The minimum Gasteiger partial charge on any atom is -0.323 e. The molecule has 0 saturated carbocycles. The predicted octanol–water partition coefficient (Wildman–Crippen LogP) is 4.73. The maximum atomic E-state index is 2.75. The van der Waals surface area contributed by atoms with Crippen LogP contribution >= 0.6 is 0 Å².